The van der Waals surface area contributed by atoms with Gasteiger partial charge in [0.15, 0.2) is 11.5 Å². The van der Waals surface area contributed by atoms with Crippen LogP contribution < -0.4 is 4.90 Å². The van der Waals surface area contributed by atoms with Crippen molar-refractivity contribution in [3.8, 4) is 0 Å². The van der Waals surface area contributed by atoms with E-state index in [9.17, 15) is 4.79 Å². The van der Waals surface area contributed by atoms with E-state index in [1.54, 1.807) is 23.5 Å². The van der Waals surface area contributed by atoms with Crippen molar-refractivity contribution in [3.63, 3.8) is 0 Å². The standard InChI is InChI=1S/C16H17N5O/c1-3-14-11-20-8-7-18-15(20)16(19-14)21(12(2)22)10-13-5-4-6-17-9-13/h4-9,11H,3,10H2,1-2H3. The van der Waals surface area contributed by atoms with Crippen molar-refractivity contribution in [3.05, 3.63) is 54.4 Å². The summed E-state index contributed by atoms with van der Waals surface area (Å²) < 4.78 is 1.90. The largest absolute Gasteiger partial charge is 0.302 e. The number of aryl methyl sites for hydroxylation is 1. The monoisotopic (exact) mass is 295 g/mol. The molecule has 112 valence electrons. The normalized spacial score (nSPS) is 10.8. The Morgan fingerprint density at radius 1 is 1.36 bits per heavy atom. The van der Waals surface area contributed by atoms with Crippen LogP contribution in [0.3, 0.4) is 0 Å². The Balaban J connectivity index is 2.08. The molecule has 0 unspecified atom stereocenters. The van der Waals surface area contributed by atoms with E-state index in [0.717, 1.165) is 17.7 Å². The zero-order valence-electron chi connectivity index (χ0n) is 12.6. The Morgan fingerprint density at radius 2 is 2.23 bits per heavy atom. The van der Waals surface area contributed by atoms with E-state index >= 15 is 0 Å². The van der Waals surface area contributed by atoms with Crippen LogP contribution in [0, 0.1) is 0 Å². The van der Waals surface area contributed by atoms with Crippen LogP contribution in [0.2, 0.25) is 0 Å². The van der Waals surface area contributed by atoms with Gasteiger partial charge >= 0.3 is 0 Å². The van der Waals surface area contributed by atoms with E-state index < -0.39 is 0 Å². The van der Waals surface area contributed by atoms with Gasteiger partial charge in [-0.15, -0.1) is 0 Å². The molecular weight excluding hydrogens is 278 g/mol. The third kappa shape index (κ3) is 2.67. The zero-order valence-corrected chi connectivity index (χ0v) is 12.6. The van der Waals surface area contributed by atoms with Crippen molar-refractivity contribution >= 4 is 17.4 Å². The number of hydrogen-bond acceptors (Lipinski definition) is 4. The number of aromatic nitrogens is 4. The molecule has 6 nitrogen and oxygen atoms in total. The summed E-state index contributed by atoms with van der Waals surface area (Å²) in [5.41, 5.74) is 2.54. The molecule has 0 bridgehead atoms. The minimum Gasteiger partial charge on any atom is -0.302 e. The maximum atomic E-state index is 12.1. The van der Waals surface area contributed by atoms with Gasteiger partial charge in [-0.05, 0) is 18.1 Å². The predicted molar refractivity (Wildman–Crippen MR) is 83.5 cm³/mol. The molecule has 0 aromatic carbocycles. The minimum atomic E-state index is -0.0745. The van der Waals surface area contributed by atoms with E-state index in [4.69, 9.17) is 0 Å². The lowest BCUT2D eigenvalue weighted by Crippen LogP contribution is -2.29. The number of fused-ring (bicyclic) bond motifs is 1. The third-order valence-electron chi connectivity index (χ3n) is 3.47. The number of nitrogens with zero attached hydrogens (tertiary/aromatic N) is 5. The van der Waals surface area contributed by atoms with Crippen LogP contribution in [0.15, 0.2) is 43.1 Å². The number of carbonyl (C=O) groups excluding carboxylic acids is 1. The first kappa shape index (κ1) is 14.2. The van der Waals surface area contributed by atoms with E-state index in [0.29, 0.717) is 18.0 Å². The molecule has 0 spiro atoms. The van der Waals surface area contributed by atoms with Gasteiger partial charge in [0, 0.05) is 37.9 Å². The molecule has 3 heterocycles. The summed E-state index contributed by atoms with van der Waals surface area (Å²) in [6, 6.07) is 3.80. The second-order valence-corrected chi connectivity index (χ2v) is 5.03. The maximum Gasteiger partial charge on any atom is 0.225 e. The number of anilines is 1. The van der Waals surface area contributed by atoms with E-state index in [2.05, 4.69) is 15.0 Å². The molecule has 6 heteroatoms. The molecule has 1 amide bonds. The second-order valence-electron chi connectivity index (χ2n) is 5.03. The summed E-state index contributed by atoms with van der Waals surface area (Å²) in [6.07, 6.45) is 9.77. The highest BCUT2D eigenvalue weighted by atomic mass is 16.2. The van der Waals surface area contributed by atoms with Gasteiger partial charge < -0.3 is 4.40 Å². The van der Waals surface area contributed by atoms with Crippen LogP contribution >= 0.6 is 0 Å². The highest BCUT2D eigenvalue weighted by Gasteiger charge is 2.19. The molecule has 3 aromatic heterocycles. The Bertz CT molecular complexity index is 797. The Labute approximate surface area is 128 Å². The van der Waals surface area contributed by atoms with Crippen molar-refractivity contribution in [2.75, 3.05) is 4.90 Å². The molecule has 0 radical (unpaired) electrons. The lowest BCUT2D eigenvalue weighted by molar-refractivity contribution is -0.116. The molecule has 3 aromatic rings. The highest BCUT2D eigenvalue weighted by Crippen LogP contribution is 2.21. The Hall–Kier alpha value is -2.76. The first-order valence-electron chi connectivity index (χ1n) is 7.18. The topological polar surface area (TPSA) is 63.4 Å². The number of hydrogen-bond donors (Lipinski definition) is 0. The number of amides is 1. The van der Waals surface area contributed by atoms with E-state index in [1.165, 1.54) is 6.92 Å². The first-order valence-corrected chi connectivity index (χ1v) is 7.18. The van der Waals surface area contributed by atoms with Crippen LogP contribution in [0.1, 0.15) is 25.1 Å². The smallest absolute Gasteiger partial charge is 0.225 e. The van der Waals surface area contributed by atoms with Gasteiger partial charge in [0.1, 0.15) is 0 Å². The number of carbonyl (C=O) groups is 1. The van der Waals surface area contributed by atoms with Crippen LogP contribution in [-0.2, 0) is 17.8 Å². The summed E-state index contributed by atoms with van der Waals surface area (Å²) in [5.74, 6) is 0.509. The molecule has 0 saturated heterocycles. The molecule has 0 saturated carbocycles. The van der Waals surface area contributed by atoms with Crippen LogP contribution in [0.4, 0.5) is 5.82 Å². The predicted octanol–water partition coefficient (Wildman–Crippen LogP) is 2.24. The van der Waals surface area contributed by atoms with Crippen molar-refractivity contribution in [1.82, 2.24) is 19.4 Å². The summed E-state index contributed by atoms with van der Waals surface area (Å²) in [6.45, 7) is 4.00. The fourth-order valence-corrected chi connectivity index (χ4v) is 2.33. The third-order valence-corrected chi connectivity index (χ3v) is 3.47. The Kier molecular flexibility index (Phi) is 3.82. The second kappa shape index (κ2) is 5.93. The zero-order chi connectivity index (χ0) is 15.5. The van der Waals surface area contributed by atoms with Crippen molar-refractivity contribution in [2.24, 2.45) is 0 Å². The quantitative estimate of drug-likeness (QED) is 0.740. The summed E-state index contributed by atoms with van der Waals surface area (Å²) in [7, 11) is 0. The highest BCUT2D eigenvalue weighted by molar-refractivity contribution is 5.93. The summed E-state index contributed by atoms with van der Waals surface area (Å²) >= 11 is 0. The van der Waals surface area contributed by atoms with Crippen molar-refractivity contribution < 1.29 is 4.79 Å². The maximum absolute atomic E-state index is 12.1. The van der Waals surface area contributed by atoms with Crippen molar-refractivity contribution in [1.29, 1.82) is 0 Å². The molecule has 0 N–H and O–H groups in total. The first-order chi connectivity index (χ1) is 10.7. The molecule has 0 fully saturated rings. The van der Waals surface area contributed by atoms with Crippen LogP contribution in [0.5, 0.6) is 0 Å². The molecule has 0 aliphatic heterocycles. The van der Waals surface area contributed by atoms with E-state index in [-0.39, 0.29) is 5.91 Å². The van der Waals surface area contributed by atoms with Gasteiger partial charge in [-0.25, -0.2) is 9.97 Å². The summed E-state index contributed by atoms with van der Waals surface area (Å²) in [5, 5.41) is 0. The molecular formula is C16H17N5O. The fraction of sp³-hybridized carbons (Fsp3) is 0.250. The van der Waals surface area contributed by atoms with E-state index in [1.807, 2.05) is 35.9 Å². The van der Waals surface area contributed by atoms with Gasteiger partial charge in [-0.2, -0.15) is 0 Å². The van der Waals surface area contributed by atoms with Gasteiger partial charge in [0.2, 0.25) is 5.91 Å². The molecule has 0 aliphatic rings. The average Bonchev–Trinajstić information content (AvgIpc) is 3.01. The van der Waals surface area contributed by atoms with Gasteiger partial charge in [-0.1, -0.05) is 13.0 Å². The molecule has 0 atom stereocenters. The fourth-order valence-electron chi connectivity index (χ4n) is 2.33. The number of rotatable bonds is 4. The summed E-state index contributed by atoms with van der Waals surface area (Å²) in [4.78, 5) is 26.8. The molecule has 3 rings (SSSR count). The van der Waals surface area contributed by atoms with Crippen LogP contribution in [0.25, 0.3) is 5.65 Å². The SMILES string of the molecule is CCc1cn2ccnc2c(N(Cc2cccnc2)C(C)=O)n1. The average molecular weight is 295 g/mol. The lowest BCUT2D eigenvalue weighted by atomic mass is 10.2. The van der Waals surface area contributed by atoms with Gasteiger partial charge in [-0.3, -0.25) is 14.7 Å². The Morgan fingerprint density at radius 3 is 2.91 bits per heavy atom. The minimum absolute atomic E-state index is 0.0745. The number of pyridine rings is 1. The number of imidazole rings is 1. The van der Waals surface area contributed by atoms with Gasteiger partial charge in [0.05, 0.1) is 12.2 Å². The molecule has 22 heavy (non-hydrogen) atoms. The van der Waals surface area contributed by atoms with Crippen molar-refractivity contribution in [2.45, 2.75) is 26.8 Å². The van der Waals surface area contributed by atoms with Gasteiger partial charge in [0.25, 0.3) is 0 Å². The lowest BCUT2D eigenvalue weighted by Gasteiger charge is -2.21. The van der Waals surface area contributed by atoms with Crippen LogP contribution in [-0.4, -0.2) is 25.3 Å². The molecule has 0 aliphatic carbocycles.